The minimum Gasteiger partial charge on any atom is -0.457 e. The first-order chi connectivity index (χ1) is 13.9. The molecule has 0 aromatic heterocycles. The molecule has 0 fully saturated rings. The first-order valence-corrected chi connectivity index (χ1v) is 9.94. The number of fused-ring (bicyclic) bond motifs is 3. The zero-order valence-electron chi connectivity index (χ0n) is 15.8. The number of para-hydroxylation sites is 1. The Hall–Kier alpha value is -3.26. The molecule has 5 rings (SSSR count). The normalized spacial score (nSPS) is 12.9. The minimum absolute atomic E-state index is 0.871. The number of anilines is 1. The van der Waals surface area contributed by atoms with Gasteiger partial charge in [0.1, 0.15) is 11.5 Å². The van der Waals surface area contributed by atoms with Crippen LogP contribution in [0.25, 0.3) is 10.8 Å². The molecule has 0 aliphatic carbocycles. The first-order valence-electron chi connectivity index (χ1n) is 9.94. The van der Waals surface area contributed by atoms with Crippen molar-refractivity contribution in [2.45, 2.75) is 12.8 Å². The second-order valence-corrected chi connectivity index (χ2v) is 7.34. The summed E-state index contributed by atoms with van der Waals surface area (Å²) in [7, 11) is 0. The Morgan fingerprint density at radius 1 is 0.750 bits per heavy atom. The van der Waals surface area contributed by atoms with Crippen molar-refractivity contribution in [3.63, 3.8) is 0 Å². The zero-order valence-corrected chi connectivity index (χ0v) is 15.8. The molecule has 4 aromatic carbocycles. The van der Waals surface area contributed by atoms with Gasteiger partial charge in [0.2, 0.25) is 0 Å². The lowest BCUT2D eigenvalue weighted by molar-refractivity contribution is 0.483. The van der Waals surface area contributed by atoms with Gasteiger partial charge < -0.3 is 9.64 Å². The van der Waals surface area contributed by atoms with E-state index in [0.29, 0.717) is 0 Å². The van der Waals surface area contributed by atoms with Crippen LogP contribution in [0.2, 0.25) is 0 Å². The van der Waals surface area contributed by atoms with Crippen molar-refractivity contribution in [3.05, 3.63) is 102 Å². The highest BCUT2D eigenvalue weighted by Gasteiger charge is 2.21. The summed E-state index contributed by atoms with van der Waals surface area (Å²) in [5, 5.41) is 2.56. The van der Waals surface area contributed by atoms with Crippen LogP contribution in [0.1, 0.15) is 11.1 Å². The highest BCUT2D eigenvalue weighted by atomic mass is 16.5. The summed E-state index contributed by atoms with van der Waals surface area (Å²) >= 11 is 0. The molecule has 2 nitrogen and oxygen atoms in total. The standard InChI is InChI=1S/C26H23NO/c1-3-7-20(8-4-1)15-17-27-18-16-22-12-11-21-13-14-24(19-25(21)26(22)27)28-23-9-5-2-6-10-23/h1-14,19H,15-18H2. The van der Waals surface area contributed by atoms with Crippen LogP contribution in [0, 0.1) is 0 Å². The Kier molecular flexibility index (Phi) is 4.46. The van der Waals surface area contributed by atoms with Crippen LogP contribution in [0.4, 0.5) is 5.69 Å². The maximum absolute atomic E-state index is 6.09. The van der Waals surface area contributed by atoms with Gasteiger partial charge in [-0.2, -0.15) is 0 Å². The molecule has 1 aliphatic rings. The second-order valence-electron chi connectivity index (χ2n) is 7.34. The van der Waals surface area contributed by atoms with E-state index in [1.165, 1.54) is 27.6 Å². The quantitative estimate of drug-likeness (QED) is 0.415. The van der Waals surface area contributed by atoms with Crippen LogP contribution in [0.5, 0.6) is 11.5 Å². The third-order valence-electron chi connectivity index (χ3n) is 5.51. The molecule has 28 heavy (non-hydrogen) atoms. The van der Waals surface area contributed by atoms with E-state index in [2.05, 4.69) is 65.6 Å². The van der Waals surface area contributed by atoms with Crippen molar-refractivity contribution < 1.29 is 4.74 Å². The molecule has 0 bridgehead atoms. The van der Waals surface area contributed by atoms with Crippen molar-refractivity contribution in [3.8, 4) is 11.5 Å². The summed E-state index contributed by atoms with van der Waals surface area (Å²) in [5.41, 5.74) is 4.22. The smallest absolute Gasteiger partial charge is 0.128 e. The van der Waals surface area contributed by atoms with Crippen molar-refractivity contribution >= 4 is 16.5 Å². The highest BCUT2D eigenvalue weighted by molar-refractivity contribution is 5.98. The number of hydrogen-bond donors (Lipinski definition) is 0. The Bertz CT molecular complexity index is 1090. The number of rotatable bonds is 5. The summed E-state index contributed by atoms with van der Waals surface area (Å²) in [6.07, 6.45) is 2.18. The molecular weight excluding hydrogens is 342 g/mol. The average Bonchev–Trinajstić information content (AvgIpc) is 3.17. The van der Waals surface area contributed by atoms with Gasteiger partial charge in [-0.1, -0.05) is 66.7 Å². The SMILES string of the molecule is c1ccc(CCN2CCc3ccc4ccc(Oc5ccccc5)cc4c32)cc1. The third kappa shape index (κ3) is 3.34. The molecule has 0 N–H and O–H groups in total. The molecule has 0 radical (unpaired) electrons. The van der Waals surface area contributed by atoms with Crippen LogP contribution in [0.15, 0.2) is 91.0 Å². The summed E-state index contributed by atoms with van der Waals surface area (Å²) in [4.78, 5) is 2.54. The average molecular weight is 365 g/mol. The molecule has 0 atom stereocenters. The Labute approximate surface area is 166 Å². The van der Waals surface area contributed by atoms with Gasteiger partial charge in [0.25, 0.3) is 0 Å². The van der Waals surface area contributed by atoms with E-state index in [0.717, 1.165) is 37.4 Å². The predicted octanol–water partition coefficient (Wildman–Crippen LogP) is 6.24. The molecule has 1 aliphatic heterocycles. The summed E-state index contributed by atoms with van der Waals surface area (Å²) < 4.78 is 6.09. The lowest BCUT2D eigenvalue weighted by atomic mass is 10.0. The number of hydrogen-bond acceptors (Lipinski definition) is 2. The van der Waals surface area contributed by atoms with E-state index < -0.39 is 0 Å². The molecule has 0 unspecified atom stereocenters. The van der Waals surface area contributed by atoms with Crippen LogP contribution in [0.3, 0.4) is 0 Å². The topological polar surface area (TPSA) is 12.5 Å². The number of benzene rings is 4. The van der Waals surface area contributed by atoms with E-state index in [-0.39, 0.29) is 0 Å². The lowest BCUT2D eigenvalue weighted by Crippen LogP contribution is -2.23. The van der Waals surface area contributed by atoms with Crippen molar-refractivity contribution in [1.82, 2.24) is 0 Å². The molecule has 0 spiro atoms. The summed E-state index contributed by atoms with van der Waals surface area (Å²) in [6.45, 7) is 2.13. The van der Waals surface area contributed by atoms with Crippen molar-refractivity contribution in [2.75, 3.05) is 18.0 Å². The third-order valence-corrected chi connectivity index (χ3v) is 5.51. The molecule has 1 heterocycles. The van der Waals surface area contributed by atoms with Gasteiger partial charge in [-0.25, -0.2) is 0 Å². The van der Waals surface area contributed by atoms with E-state index in [1.807, 2.05) is 30.3 Å². The molecule has 0 saturated heterocycles. The highest BCUT2D eigenvalue weighted by Crippen LogP contribution is 2.38. The fourth-order valence-corrected chi connectivity index (χ4v) is 4.09. The molecule has 0 amide bonds. The van der Waals surface area contributed by atoms with Crippen LogP contribution < -0.4 is 9.64 Å². The lowest BCUT2D eigenvalue weighted by Gasteiger charge is -2.21. The monoisotopic (exact) mass is 365 g/mol. The summed E-state index contributed by atoms with van der Waals surface area (Å²) in [6, 6.07) is 31.7. The first kappa shape index (κ1) is 16.9. The van der Waals surface area contributed by atoms with Crippen molar-refractivity contribution in [2.24, 2.45) is 0 Å². The molecular formula is C26H23NO. The number of ether oxygens (including phenoxy) is 1. The largest absolute Gasteiger partial charge is 0.457 e. The van der Waals surface area contributed by atoms with Gasteiger partial charge >= 0.3 is 0 Å². The van der Waals surface area contributed by atoms with Crippen LogP contribution >= 0.6 is 0 Å². The van der Waals surface area contributed by atoms with E-state index in [9.17, 15) is 0 Å². The van der Waals surface area contributed by atoms with Crippen LogP contribution in [-0.2, 0) is 12.8 Å². The van der Waals surface area contributed by atoms with Gasteiger partial charge in [0.15, 0.2) is 0 Å². The predicted molar refractivity (Wildman–Crippen MR) is 117 cm³/mol. The molecule has 0 saturated carbocycles. The van der Waals surface area contributed by atoms with Gasteiger partial charge in [-0.3, -0.25) is 0 Å². The minimum atomic E-state index is 0.871. The fourth-order valence-electron chi connectivity index (χ4n) is 4.09. The van der Waals surface area contributed by atoms with E-state index in [1.54, 1.807) is 0 Å². The van der Waals surface area contributed by atoms with Gasteiger partial charge in [0.05, 0.1) is 0 Å². The maximum atomic E-state index is 6.09. The van der Waals surface area contributed by atoms with E-state index in [4.69, 9.17) is 4.74 Å². The van der Waals surface area contributed by atoms with Gasteiger partial charge in [0, 0.05) is 24.2 Å². The Morgan fingerprint density at radius 2 is 1.50 bits per heavy atom. The molecule has 138 valence electrons. The summed E-state index contributed by atoms with van der Waals surface area (Å²) in [5.74, 6) is 1.76. The van der Waals surface area contributed by atoms with E-state index >= 15 is 0 Å². The van der Waals surface area contributed by atoms with Crippen LogP contribution in [-0.4, -0.2) is 13.1 Å². The van der Waals surface area contributed by atoms with Crippen molar-refractivity contribution in [1.29, 1.82) is 0 Å². The Balaban J connectivity index is 1.46. The Morgan fingerprint density at radius 3 is 2.32 bits per heavy atom. The molecule has 4 aromatic rings. The number of nitrogens with zero attached hydrogens (tertiary/aromatic N) is 1. The van der Waals surface area contributed by atoms with Gasteiger partial charge in [-0.05, 0) is 53.6 Å². The van der Waals surface area contributed by atoms with Gasteiger partial charge in [-0.15, -0.1) is 0 Å². The zero-order chi connectivity index (χ0) is 18.8. The fraction of sp³-hybridized carbons (Fsp3) is 0.154. The second kappa shape index (κ2) is 7.40. The maximum Gasteiger partial charge on any atom is 0.128 e. The molecule has 2 heteroatoms.